The monoisotopic (exact) mass is 221 g/mol. The third kappa shape index (κ3) is 4.39. The summed E-state index contributed by atoms with van der Waals surface area (Å²) >= 11 is 0. The first kappa shape index (κ1) is 11.9. The molecule has 1 unspecified atom stereocenters. The number of ether oxygens (including phenoxy) is 1. The minimum atomic E-state index is -2.86. The van der Waals surface area contributed by atoms with Crippen LogP contribution in [-0.2, 0) is 14.6 Å². The molecule has 0 saturated carbocycles. The van der Waals surface area contributed by atoms with Gasteiger partial charge in [-0.25, -0.2) is 8.42 Å². The largest absolute Gasteiger partial charge is 0.379 e. The van der Waals surface area contributed by atoms with Gasteiger partial charge in [-0.2, -0.15) is 0 Å². The normalized spacial score (nSPS) is 22.8. The van der Waals surface area contributed by atoms with Gasteiger partial charge in [0.15, 0.2) is 9.84 Å². The molecule has 5 heteroatoms. The molecule has 0 spiro atoms. The topological polar surface area (TPSA) is 55.4 Å². The highest BCUT2D eigenvalue weighted by Gasteiger charge is 2.14. The van der Waals surface area contributed by atoms with Crippen LogP contribution in [0.1, 0.15) is 19.8 Å². The highest BCUT2D eigenvalue weighted by molar-refractivity contribution is 7.91. The van der Waals surface area contributed by atoms with E-state index in [2.05, 4.69) is 5.32 Å². The Labute approximate surface area is 85.9 Å². The van der Waals surface area contributed by atoms with Gasteiger partial charge in [-0.1, -0.05) is 6.92 Å². The molecule has 4 nitrogen and oxygen atoms in total. The number of sulfone groups is 1. The Bertz CT molecular complexity index is 245. The van der Waals surface area contributed by atoms with Gasteiger partial charge in [0.1, 0.15) is 0 Å². The van der Waals surface area contributed by atoms with E-state index in [4.69, 9.17) is 4.74 Å². The van der Waals surface area contributed by atoms with E-state index in [1.807, 2.05) is 0 Å². The summed E-state index contributed by atoms with van der Waals surface area (Å²) in [4.78, 5) is 0. The molecule has 0 aliphatic carbocycles. The lowest BCUT2D eigenvalue weighted by atomic mass is 10.2. The van der Waals surface area contributed by atoms with Crippen molar-refractivity contribution < 1.29 is 13.2 Å². The number of hydrogen-bond acceptors (Lipinski definition) is 4. The van der Waals surface area contributed by atoms with E-state index in [9.17, 15) is 8.42 Å². The van der Waals surface area contributed by atoms with E-state index < -0.39 is 9.84 Å². The van der Waals surface area contributed by atoms with Gasteiger partial charge in [0.25, 0.3) is 0 Å². The first-order valence-electron chi connectivity index (χ1n) is 5.15. The summed E-state index contributed by atoms with van der Waals surface area (Å²) in [5.74, 6) is 0.355. The van der Waals surface area contributed by atoms with Gasteiger partial charge in [0.2, 0.25) is 0 Å². The van der Waals surface area contributed by atoms with E-state index >= 15 is 0 Å². The van der Waals surface area contributed by atoms with Crippen molar-refractivity contribution >= 4 is 9.84 Å². The summed E-state index contributed by atoms with van der Waals surface area (Å²) in [6.45, 7) is 3.68. The van der Waals surface area contributed by atoms with Crippen LogP contribution in [0.5, 0.6) is 0 Å². The molecule has 1 aliphatic rings. The Morgan fingerprint density at radius 3 is 2.86 bits per heavy atom. The molecule has 1 N–H and O–H groups in total. The number of nitrogens with one attached hydrogen (secondary N) is 1. The predicted molar refractivity (Wildman–Crippen MR) is 56.2 cm³/mol. The van der Waals surface area contributed by atoms with E-state index in [0.29, 0.717) is 19.3 Å². The standard InChI is InChI=1S/C9H19NO3S/c1-2-14(11,12)7-6-13-8-9-4-3-5-10-9/h9-10H,2-8H2,1H3. The van der Waals surface area contributed by atoms with Crippen molar-refractivity contribution in [2.24, 2.45) is 0 Å². The molecular formula is C9H19NO3S. The molecule has 1 heterocycles. The third-order valence-corrected chi connectivity index (χ3v) is 4.13. The highest BCUT2D eigenvalue weighted by Crippen LogP contribution is 2.04. The first-order chi connectivity index (χ1) is 6.64. The van der Waals surface area contributed by atoms with Crippen molar-refractivity contribution in [3.63, 3.8) is 0 Å². The summed E-state index contributed by atoms with van der Waals surface area (Å²) in [6.07, 6.45) is 2.34. The molecule has 0 aromatic carbocycles. The van der Waals surface area contributed by atoms with Crippen LogP contribution in [0.4, 0.5) is 0 Å². The van der Waals surface area contributed by atoms with Crippen LogP contribution in [0, 0.1) is 0 Å². The van der Waals surface area contributed by atoms with Crippen molar-refractivity contribution in [2.75, 3.05) is 31.3 Å². The van der Waals surface area contributed by atoms with Crippen molar-refractivity contribution in [2.45, 2.75) is 25.8 Å². The predicted octanol–water partition coefficient (Wildman–Crippen LogP) is 0.190. The quantitative estimate of drug-likeness (QED) is 0.651. The fraction of sp³-hybridized carbons (Fsp3) is 1.00. The van der Waals surface area contributed by atoms with Crippen molar-refractivity contribution in [3.8, 4) is 0 Å². The second-order valence-corrected chi connectivity index (χ2v) is 6.08. The Morgan fingerprint density at radius 2 is 2.29 bits per heavy atom. The Kier molecular flexibility index (Phi) is 4.84. The van der Waals surface area contributed by atoms with Gasteiger partial charge in [-0.05, 0) is 19.4 Å². The zero-order valence-corrected chi connectivity index (χ0v) is 9.48. The molecule has 0 aromatic heterocycles. The Morgan fingerprint density at radius 1 is 1.50 bits per heavy atom. The molecule has 1 saturated heterocycles. The van der Waals surface area contributed by atoms with Crippen LogP contribution >= 0.6 is 0 Å². The van der Waals surface area contributed by atoms with Crippen molar-refractivity contribution in [1.29, 1.82) is 0 Å². The van der Waals surface area contributed by atoms with Crippen molar-refractivity contribution in [1.82, 2.24) is 5.32 Å². The van der Waals surface area contributed by atoms with Crippen molar-refractivity contribution in [3.05, 3.63) is 0 Å². The van der Waals surface area contributed by atoms with E-state index in [1.54, 1.807) is 6.92 Å². The smallest absolute Gasteiger partial charge is 0.152 e. The molecule has 0 radical (unpaired) electrons. The Hall–Kier alpha value is -0.130. The molecule has 1 aliphatic heterocycles. The van der Waals surface area contributed by atoms with E-state index in [1.165, 1.54) is 6.42 Å². The van der Waals surface area contributed by atoms with Gasteiger partial charge in [0.05, 0.1) is 19.0 Å². The van der Waals surface area contributed by atoms with E-state index in [0.717, 1.165) is 13.0 Å². The Balaban J connectivity index is 2.04. The minimum Gasteiger partial charge on any atom is -0.379 e. The van der Waals surface area contributed by atoms with Gasteiger partial charge >= 0.3 is 0 Å². The maximum absolute atomic E-state index is 11.1. The molecule has 14 heavy (non-hydrogen) atoms. The summed E-state index contributed by atoms with van der Waals surface area (Å²) in [5, 5.41) is 3.29. The van der Waals surface area contributed by atoms with Crippen LogP contribution in [0.3, 0.4) is 0 Å². The molecule has 0 aromatic rings. The van der Waals surface area contributed by atoms with Crippen LogP contribution in [0.2, 0.25) is 0 Å². The molecular weight excluding hydrogens is 202 g/mol. The molecule has 0 amide bonds. The summed E-state index contributed by atoms with van der Waals surface area (Å²) in [6, 6.07) is 0.430. The lowest BCUT2D eigenvalue weighted by Gasteiger charge is -2.10. The second kappa shape index (κ2) is 5.68. The first-order valence-corrected chi connectivity index (χ1v) is 6.98. The maximum Gasteiger partial charge on any atom is 0.152 e. The average Bonchev–Trinajstić information content (AvgIpc) is 2.65. The van der Waals surface area contributed by atoms with Crippen LogP contribution in [0.15, 0.2) is 0 Å². The summed E-state index contributed by atoms with van der Waals surface area (Å²) in [7, 11) is -2.86. The zero-order chi connectivity index (χ0) is 10.4. The molecule has 0 bridgehead atoms. The lowest BCUT2D eigenvalue weighted by Crippen LogP contribution is -2.28. The van der Waals surface area contributed by atoms with Crippen LogP contribution < -0.4 is 5.32 Å². The van der Waals surface area contributed by atoms with Gasteiger partial charge in [-0.3, -0.25) is 0 Å². The number of rotatable bonds is 6. The number of hydrogen-bond donors (Lipinski definition) is 1. The lowest BCUT2D eigenvalue weighted by molar-refractivity contribution is 0.129. The molecule has 84 valence electrons. The van der Waals surface area contributed by atoms with E-state index in [-0.39, 0.29) is 11.5 Å². The van der Waals surface area contributed by atoms with Crippen LogP contribution in [0.25, 0.3) is 0 Å². The summed E-state index contributed by atoms with van der Waals surface area (Å²) in [5.41, 5.74) is 0. The molecule has 1 atom stereocenters. The highest BCUT2D eigenvalue weighted by atomic mass is 32.2. The fourth-order valence-electron chi connectivity index (χ4n) is 1.45. The summed E-state index contributed by atoms with van der Waals surface area (Å²) < 4.78 is 27.5. The van der Waals surface area contributed by atoms with Gasteiger partial charge in [0, 0.05) is 11.8 Å². The van der Waals surface area contributed by atoms with Crippen LogP contribution in [-0.4, -0.2) is 45.7 Å². The molecule has 1 rings (SSSR count). The zero-order valence-electron chi connectivity index (χ0n) is 8.66. The maximum atomic E-state index is 11.1. The fourth-order valence-corrected chi connectivity index (χ4v) is 2.12. The third-order valence-electron chi connectivity index (χ3n) is 2.46. The van der Waals surface area contributed by atoms with Gasteiger partial charge < -0.3 is 10.1 Å². The second-order valence-electron chi connectivity index (χ2n) is 3.60. The minimum absolute atomic E-state index is 0.149. The molecule has 1 fully saturated rings. The average molecular weight is 221 g/mol. The SMILES string of the molecule is CCS(=O)(=O)CCOCC1CCCN1. The van der Waals surface area contributed by atoms with Gasteiger partial charge in [-0.15, -0.1) is 0 Å².